The molecular formula is C14H21NO. The van der Waals surface area contributed by atoms with Crippen LogP contribution in [0.2, 0.25) is 0 Å². The number of aryl methyl sites for hydroxylation is 1. The predicted octanol–water partition coefficient (Wildman–Crippen LogP) is 2.76. The standard InChI is InChI=1S/C14H21NO/c1-11-5-3-4-6-14(11)16-12(2)13-7-9-15-10-8-13/h3-6,12-13,15H,7-10H2,1-2H3. The zero-order chi connectivity index (χ0) is 11.4. The van der Waals surface area contributed by atoms with Gasteiger partial charge < -0.3 is 10.1 Å². The van der Waals surface area contributed by atoms with Crippen LogP contribution >= 0.6 is 0 Å². The van der Waals surface area contributed by atoms with Crippen LogP contribution < -0.4 is 10.1 Å². The minimum Gasteiger partial charge on any atom is -0.490 e. The van der Waals surface area contributed by atoms with Crippen molar-refractivity contribution < 1.29 is 4.74 Å². The Hall–Kier alpha value is -1.02. The van der Waals surface area contributed by atoms with Gasteiger partial charge in [0.05, 0.1) is 6.10 Å². The second kappa shape index (κ2) is 5.35. The fourth-order valence-corrected chi connectivity index (χ4v) is 2.30. The van der Waals surface area contributed by atoms with E-state index in [2.05, 4.69) is 37.4 Å². The van der Waals surface area contributed by atoms with Crippen LogP contribution in [0.3, 0.4) is 0 Å². The molecule has 2 nitrogen and oxygen atoms in total. The molecule has 1 aliphatic rings. The van der Waals surface area contributed by atoms with E-state index in [1.807, 2.05) is 6.07 Å². The van der Waals surface area contributed by atoms with Gasteiger partial charge in [0.1, 0.15) is 5.75 Å². The average Bonchev–Trinajstić information content (AvgIpc) is 2.33. The Morgan fingerprint density at radius 1 is 1.25 bits per heavy atom. The fourth-order valence-electron chi connectivity index (χ4n) is 2.30. The summed E-state index contributed by atoms with van der Waals surface area (Å²) in [7, 11) is 0. The summed E-state index contributed by atoms with van der Waals surface area (Å²) in [6, 6.07) is 8.26. The van der Waals surface area contributed by atoms with E-state index in [9.17, 15) is 0 Å². The van der Waals surface area contributed by atoms with Gasteiger partial charge in [-0.05, 0) is 57.3 Å². The zero-order valence-electron chi connectivity index (χ0n) is 10.2. The summed E-state index contributed by atoms with van der Waals surface area (Å²) in [5.41, 5.74) is 1.23. The van der Waals surface area contributed by atoms with Crippen LogP contribution in [-0.4, -0.2) is 19.2 Å². The molecule has 0 saturated carbocycles. The van der Waals surface area contributed by atoms with Crippen molar-refractivity contribution >= 4 is 0 Å². The largest absolute Gasteiger partial charge is 0.490 e. The highest BCUT2D eigenvalue weighted by atomic mass is 16.5. The molecule has 1 fully saturated rings. The smallest absolute Gasteiger partial charge is 0.122 e. The number of ether oxygens (including phenoxy) is 1. The summed E-state index contributed by atoms with van der Waals surface area (Å²) in [6.07, 6.45) is 2.78. The summed E-state index contributed by atoms with van der Waals surface area (Å²) < 4.78 is 6.06. The predicted molar refractivity (Wildman–Crippen MR) is 66.9 cm³/mol. The first kappa shape index (κ1) is 11.5. The number of piperidine rings is 1. The van der Waals surface area contributed by atoms with Gasteiger partial charge in [0.2, 0.25) is 0 Å². The fraction of sp³-hybridized carbons (Fsp3) is 0.571. The van der Waals surface area contributed by atoms with Crippen molar-refractivity contribution in [2.75, 3.05) is 13.1 Å². The van der Waals surface area contributed by atoms with E-state index in [4.69, 9.17) is 4.74 Å². The minimum atomic E-state index is 0.322. The summed E-state index contributed by atoms with van der Waals surface area (Å²) in [4.78, 5) is 0. The van der Waals surface area contributed by atoms with Crippen LogP contribution in [0.4, 0.5) is 0 Å². The van der Waals surface area contributed by atoms with Crippen LogP contribution in [0.15, 0.2) is 24.3 Å². The minimum absolute atomic E-state index is 0.322. The molecule has 0 spiro atoms. The van der Waals surface area contributed by atoms with Crippen LogP contribution in [0.25, 0.3) is 0 Å². The lowest BCUT2D eigenvalue weighted by Crippen LogP contribution is -2.35. The van der Waals surface area contributed by atoms with Crippen LogP contribution in [0.1, 0.15) is 25.3 Å². The van der Waals surface area contributed by atoms with E-state index < -0.39 is 0 Å². The third-order valence-electron chi connectivity index (χ3n) is 3.45. The van der Waals surface area contributed by atoms with Gasteiger partial charge in [-0.3, -0.25) is 0 Å². The third kappa shape index (κ3) is 2.76. The molecular weight excluding hydrogens is 198 g/mol. The SMILES string of the molecule is Cc1ccccc1OC(C)C1CCNCC1. The third-order valence-corrected chi connectivity index (χ3v) is 3.45. The molecule has 1 unspecified atom stereocenters. The number of nitrogens with one attached hydrogen (secondary N) is 1. The Morgan fingerprint density at radius 2 is 1.94 bits per heavy atom. The van der Waals surface area contributed by atoms with Crippen molar-refractivity contribution in [3.05, 3.63) is 29.8 Å². The van der Waals surface area contributed by atoms with Crippen molar-refractivity contribution in [1.29, 1.82) is 0 Å². The molecule has 0 amide bonds. The molecule has 1 N–H and O–H groups in total. The molecule has 1 aliphatic heterocycles. The van der Waals surface area contributed by atoms with Crippen molar-refractivity contribution in [3.8, 4) is 5.75 Å². The summed E-state index contributed by atoms with van der Waals surface area (Å²) >= 11 is 0. The maximum Gasteiger partial charge on any atom is 0.122 e. The van der Waals surface area contributed by atoms with Gasteiger partial charge in [-0.25, -0.2) is 0 Å². The Labute approximate surface area is 98.0 Å². The number of rotatable bonds is 3. The summed E-state index contributed by atoms with van der Waals surface area (Å²) in [6.45, 7) is 6.56. The lowest BCUT2D eigenvalue weighted by Gasteiger charge is -2.29. The molecule has 0 aliphatic carbocycles. The van der Waals surface area contributed by atoms with Gasteiger partial charge in [0.15, 0.2) is 0 Å². The quantitative estimate of drug-likeness (QED) is 0.844. The maximum atomic E-state index is 6.06. The van der Waals surface area contributed by atoms with E-state index in [0.717, 1.165) is 18.8 Å². The first-order chi connectivity index (χ1) is 7.77. The van der Waals surface area contributed by atoms with Crippen molar-refractivity contribution in [2.24, 2.45) is 5.92 Å². The van der Waals surface area contributed by atoms with E-state index in [1.54, 1.807) is 0 Å². The zero-order valence-corrected chi connectivity index (χ0v) is 10.2. The molecule has 0 radical (unpaired) electrons. The van der Waals surface area contributed by atoms with Crippen LogP contribution in [-0.2, 0) is 0 Å². The summed E-state index contributed by atoms with van der Waals surface area (Å²) in [5, 5.41) is 3.39. The molecule has 1 aromatic rings. The lowest BCUT2D eigenvalue weighted by molar-refractivity contribution is 0.127. The Kier molecular flexibility index (Phi) is 3.83. The Bertz CT molecular complexity index is 331. The van der Waals surface area contributed by atoms with Gasteiger partial charge in [0, 0.05) is 0 Å². The maximum absolute atomic E-state index is 6.06. The molecule has 1 saturated heterocycles. The first-order valence-corrected chi connectivity index (χ1v) is 6.20. The number of hydrogen-bond acceptors (Lipinski definition) is 2. The topological polar surface area (TPSA) is 21.3 Å². The monoisotopic (exact) mass is 219 g/mol. The van der Waals surface area contributed by atoms with Gasteiger partial charge in [-0.1, -0.05) is 18.2 Å². The van der Waals surface area contributed by atoms with Crippen LogP contribution in [0, 0.1) is 12.8 Å². The highest BCUT2D eigenvalue weighted by Crippen LogP contribution is 2.24. The summed E-state index contributed by atoms with van der Waals surface area (Å²) in [5.74, 6) is 1.73. The Balaban J connectivity index is 1.96. The lowest BCUT2D eigenvalue weighted by atomic mass is 9.93. The molecule has 2 heteroatoms. The Morgan fingerprint density at radius 3 is 2.62 bits per heavy atom. The first-order valence-electron chi connectivity index (χ1n) is 6.20. The molecule has 16 heavy (non-hydrogen) atoms. The average molecular weight is 219 g/mol. The van der Waals surface area contributed by atoms with Gasteiger partial charge in [-0.15, -0.1) is 0 Å². The van der Waals surface area contributed by atoms with E-state index in [-0.39, 0.29) is 0 Å². The second-order valence-electron chi connectivity index (χ2n) is 4.68. The van der Waals surface area contributed by atoms with E-state index in [0.29, 0.717) is 12.0 Å². The molecule has 88 valence electrons. The van der Waals surface area contributed by atoms with E-state index in [1.165, 1.54) is 18.4 Å². The highest BCUT2D eigenvalue weighted by molar-refractivity contribution is 5.31. The number of para-hydroxylation sites is 1. The van der Waals surface area contributed by atoms with Crippen molar-refractivity contribution in [2.45, 2.75) is 32.8 Å². The van der Waals surface area contributed by atoms with Gasteiger partial charge in [0.25, 0.3) is 0 Å². The normalized spacial score (nSPS) is 19.4. The molecule has 0 bridgehead atoms. The van der Waals surface area contributed by atoms with Crippen molar-refractivity contribution in [3.63, 3.8) is 0 Å². The van der Waals surface area contributed by atoms with Crippen molar-refractivity contribution in [1.82, 2.24) is 5.32 Å². The number of benzene rings is 1. The van der Waals surface area contributed by atoms with Gasteiger partial charge >= 0.3 is 0 Å². The second-order valence-corrected chi connectivity index (χ2v) is 4.68. The number of hydrogen-bond donors (Lipinski definition) is 1. The molecule has 1 atom stereocenters. The van der Waals surface area contributed by atoms with Gasteiger partial charge in [-0.2, -0.15) is 0 Å². The van der Waals surface area contributed by atoms with E-state index >= 15 is 0 Å². The molecule has 1 aromatic carbocycles. The molecule has 2 rings (SSSR count). The highest BCUT2D eigenvalue weighted by Gasteiger charge is 2.21. The molecule has 0 aromatic heterocycles. The van der Waals surface area contributed by atoms with Crippen LogP contribution in [0.5, 0.6) is 5.75 Å². The molecule has 1 heterocycles.